The van der Waals surface area contributed by atoms with Crippen LogP contribution in [0.3, 0.4) is 0 Å². The van der Waals surface area contributed by atoms with Crippen LogP contribution >= 0.6 is 0 Å². The maximum atomic E-state index is 14.0. The Morgan fingerprint density at radius 1 is 0.892 bits per heavy atom. The first-order valence-corrected chi connectivity index (χ1v) is 29.3. The molecule has 4 rings (SSSR count). The highest BCUT2D eigenvalue weighted by Gasteiger charge is 2.60. The lowest BCUT2D eigenvalue weighted by molar-refractivity contribution is -0.179. The van der Waals surface area contributed by atoms with Crippen LogP contribution in [0.4, 0.5) is 10.5 Å². The molecule has 5 amide bonds. The van der Waals surface area contributed by atoms with E-state index in [1.54, 1.807) is 38.1 Å². The van der Waals surface area contributed by atoms with Crippen LogP contribution in [0.25, 0.3) is 0 Å². The number of allylic oxidation sites excluding steroid dienone is 3. The SMILES string of the molecule is CC[C@H](CCOC(=O)/C=C/C=C\C(=O)O[C@@H]1C[C@@H]2COC[C@@]1(C)[C@@]1(C)CCC(C)=C[C@H]1O2)[C@@H](NC(=O)C(C)(C)CC(C)(C)CC(=O)OCc1ccc(NC(=O)[C@H](CCCNC(N)=O)NC(=O)C(N)C(C)C(C)(C)CCCN)cc1)C(=O)OC. The van der Waals surface area contributed by atoms with Crippen LogP contribution in [0.2, 0.25) is 0 Å². The second-order valence-electron chi connectivity index (χ2n) is 25.5. The number of urea groups is 1. The number of carbonyl (C=O) groups is 8. The number of benzene rings is 1. The number of ether oxygens (including phenoxy) is 6. The zero-order valence-corrected chi connectivity index (χ0v) is 51.3. The summed E-state index contributed by atoms with van der Waals surface area (Å²) in [4.78, 5) is 104. The van der Waals surface area contributed by atoms with Crippen LogP contribution in [0.1, 0.15) is 152 Å². The average Bonchev–Trinajstić information content (AvgIpc) is 2.96. The lowest BCUT2D eigenvalue weighted by atomic mass is 9.56. The van der Waals surface area contributed by atoms with E-state index >= 15 is 0 Å². The summed E-state index contributed by atoms with van der Waals surface area (Å²) in [5.41, 5.74) is 16.8. The number of methoxy groups -OCH3 is 1. The zero-order chi connectivity index (χ0) is 61.9. The van der Waals surface area contributed by atoms with Crippen LogP contribution in [-0.4, -0.2) is 124 Å². The minimum atomic E-state index is -1.07. The molecule has 10 N–H and O–H groups in total. The second kappa shape index (κ2) is 31.1. The molecule has 2 heterocycles. The largest absolute Gasteiger partial charge is 0.467 e. The molecular weight excluding hydrogens is 1070 g/mol. The number of hydrogen-bond donors (Lipinski definition) is 7. The molecule has 2 aliphatic heterocycles. The summed E-state index contributed by atoms with van der Waals surface area (Å²) in [6.07, 6.45) is 12.0. The minimum absolute atomic E-state index is 0.0327. The Balaban J connectivity index is 1.25. The summed E-state index contributed by atoms with van der Waals surface area (Å²) in [5.74, 6) is -4.48. The van der Waals surface area contributed by atoms with Crippen molar-refractivity contribution >= 4 is 53.3 Å². The van der Waals surface area contributed by atoms with Gasteiger partial charge >= 0.3 is 29.9 Å². The van der Waals surface area contributed by atoms with Gasteiger partial charge in [-0.3, -0.25) is 19.2 Å². The molecule has 21 nitrogen and oxygen atoms in total. The first-order valence-electron chi connectivity index (χ1n) is 29.3. The summed E-state index contributed by atoms with van der Waals surface area (Å²) in [5, 5.41) is 11.0. The van der Waals surface area contributed by atoms with Crippen molar-refractivity contribution in [2.45, 2.75) is 190 Å². The molecule has 83 heavy (non-hydrogen) atoms. The maximum Gasteiger partial charge on any atom is 0.331 e. The van der Waals surface area contributed by atoms with Gasteiger partial charge in [0.25, 0.3) is 0 Å². The first-order chi connectivity index (χ1) is 38.9. The number of esters is 4. The number of hydrogen-bond acceptors (Lipinski definition) is 16. The molecule has 2 fully saturated rings. The fourth-order valence-corrected chi connectivity index (χ4v) is 11.7. The van der Waals surface area contributed by atoms with E-state index in [0.717, 1.165) is 25.7 Å². The van der Waals surface area contributed by atoms with Gasteiger partial charge < -0.3 is 66.9 Å². The van der Waals surface area contributed by atoms with Crippen LogP contribution in [0.5, 0.6) is 0 Å². The second-order valence-corrected chi connectivity index (χ2v) is 25.5. The van der Waals surface area contributed by atoms with E-state index in [-0.39, 0.29) is 74.4 Å². The number of rotatable bonds is 31. The average molecular weight is 1160 g/mol. The molecule has 0 radical (unpaired) electrons. The normalized spacial score (nSPS) is 22.7. The van der Waals surface area contributed by atoms with E-state index in [1.807, 2.05) is 41.5 Å². The fourth-order valence-electron chi connectivity index (χ4n) is 11.7. The van der Waals surface area contributed by atoms with Gasteiger partial charge in [0.05, 0.1) is 51.6 Å². The first kappa shape index (κ1) is 69.3. The van der Waals surface area contributed by atoms with Crippen LogP contribution in [-0.2, 0) is 68.6 Å². The molecule has 2 saturated heterocycles. The van der Waals surface area contributed by atoms with E-state index in [2.05, 4.69) is 48.1 Å². The van der Waals surface area contributed by atoms with Gasteiger partial charge in [0, 0.05) is 47.0 Å². The molecule has 1 aromatic rings. The molecule has 3 aliphatic rings. The summed E-state index contributed by atoms with van der Waals surface area (Å²) in [6, 6.07) is 3.01. The standard InChI is InChI=1S/C62H97N7O14/c1-13-42(26-31-80-48(70)19-14-15-20-49(71)83-47-33-44-36-79-38-62(47,11)61(10)28-25-39(2)32-46(61)82-44)52(55(75)78-12)69-56(76)60(8,9)37-58(4,5)34-50(72)81-35-41-21-23-43(24-22-41)67-53(73)45(18-16-30-66-57(65)77)68-54(74)51(64)40(3)59(6,7)27-17-29-63/h14-15,19-24,32,40,42,44-47,51-52H,13,16-18,25-31,33-38,63-64H2,1-12H3,(H,67,73)(H,68,74)(H,69,76)(H3,65,66,77)/b19-14+,20-15-/t40?,42-,44-,45+,46-,47-,51?,52-,61+,62-/m1/s1. The third-order valence-electron chi connectivity index (χ3n) is 17.4. The lowest BCUT2D eigenvalue weighted by Crippen LogP contribution is -2.55. The third-order valence-corrected chi connectivity index (χ3v) is 17.4. The van der Waals surface area contributed by atoms with Gasteiger partial charge in [0.1, 0.15) is 24.8 Å². The van der Waals surface area contributed by atoms with Gasteiger partial charge in [0.2, 0.25) is 17.7 Å². The highest BCUT2D eigenvalue weighted by atomic mass is 16.6. The van der Waals surface area contributed by atoms with Crippen molar-refractivity contribution in [2.24, 2.45) is 56.1 Å². The van der Waals surface area contributed by atoms with E-state index < -0.39 is 94.0 Å². The predicted molar refractivity (Wildman–Crippen MR) is 314 cm³/mol. The van der Waals surface area contributed by atoms with Crippen LogP contribution in [0, 0.1) is 38.9 Å². The molecule has 21 heteroatoms. The van der Waals surface area contributed by atoms with Gasteiger partial charge in [-0.1, -0.05) is 112 Å². The van der Waals surface area contributed by atoms with Crippen molar-refractivity contribution in [2.75, 3.05) is 45.3 Å². The summed E-state index contributed by atoms with van der Waals surface area (Å²) >= 11 is 0. The molecule has 1 aliphatic carbocycles. The van der Waals surface area contributed by atoms with Gasteiger partial charge in [-0.05, 0) is 105 Å². The maximum absolute atomic E-state index is 14.0. The molecule has 1 aromatic carbocycles. The van der Waals surface area contributed by atoms with E-state index in [1.165, 1.54) is 37.0 Å². The van der Waals surface area contributed by atoms with Crippen molar-refractivity contribution < 1.29 is 66.8 Å². The van der Waals surface area contributed by atoms with Crippen molar-refractivity contribution in [3.05, 3.63) is 65.8 Å². The van der Waals surface area contributed by atoms with Crippen molar-refractivity contribution in [1.29, 1.82) is 0 Å². The molecule has 0 aromatic heterocycles. The highest BCUT2D eigenvalue weighted by molar-refractivity contribution is 5.98. The molecular formula is C62H97N7O14. The summed E-state index contributed by atoms with van der Waals surface area (Å²) in [7, 11) is 1.23. The minimum Gasteiger partial charge on any atom is -0.467 e. The van der Waals surface area contributed by atoms with Gasteiger partial charge in [-0.15, -0.1) is 0 Å². The Labute approximate surface area is 491 Å². The number of nitrogens with two attached hydrogens (primary N) is 3. The smallest absolute Gasteiger partial charge is 0.331 e. The number of fused-ring (bicyclic) bond motifs is 5. The molecule has 10 atom stereocenters. The number of carbonyl (C=O) groups excluding carboxylic acids is 8. The van der Waals surface area contributed by atoms with Gasteiger partial charge in [-0.25, -0.2) is 19.2 Å². The Morgan fingerprint density at radius 2 is 1.57 bits per heavy atom. The number of anilines is 1. The third kappa shape index (κ3) is 20.3. The lowest BCUT2D eigenvalue weighted by Gasteiger charge is -2.52. The van der Waals surface area contributed by atoms with Crippen LogP contribution < -0.4 is 38.5 Å². The Bertz CT molecular complexity index is 2490. The molecule has 464 valence electrons. The quantitative estimate of drug-likeness (QED) is 0.0101. The van der Waals surface area contributed by atoms with E-state index in [0.29, 0.717) is 50.3 Å². The van der Waals surface area contributed by atoms with Crippen molar-refractivity contribution in [1.82, 2.24) is 16.0 Å². The molecule has 0 saturated carbocycles. The Kier molecular flexibility index (Phi) is 26.0. The summed E-state index contributed by atoms with van der Waals surface area (Å²) < 4.78 is 34.8. The molecule has 2 bridgehead atoms. The number of amides is 5. The number of primary amides is 1. The fraction of sp³-hybridized carbons (Fsp3) is 0.677. The monoisotopic (exact) mass is 1160 g/mol. The molecule has 2 unspecified atom stereocenters. The summed E-state index contributed by atoms with van der Waals surface area (Å²) in [6.45, 7) is 22.8. The topological polar surface area (TPSA) is 318 Å². The highest BCUT2D eigenvalue weighted by Crippen LogP contribution is 2.57. The van der Waals surface area contributed by atoms with Gasteiger partial charge in [-0.2, -0.15) is 0 Å². The molecule has 0 spiro atoms. The predicted octanol–water partition coefficient (Wildman–Crippen LogP) is 6.74. The Morgan fingerprint density at radius 3 is 2.20 bits per heavy atom. The van der Waals surface area contributed by atoms with Crippen LogP contribution in [0.15, 0.2) is 60.2 Å². The van der Waals surface area contributed by atoms with E-state index in [9.17, 15) is 38.4 Å². The Hall–Kier alpha value is -6.16. The van der Waals surface area contributed by atoms with E-state index in [4.69, 9.17) is 45.6 Å². The van der Waals surface area contributed by atoms with Gasteiger partial charge in [0.15, 0.2) is 0 Å². The van der Waals surface area contributed by atoms with Crippen molar-refractivity contribution in [3.8, 4) is 0 Å². The zero-order valence-electron chi connectivity index (χ0n) is 51.3. The van der Waals surface area contributed by atoms with Crippen molar-refractivity contribution in [3.63, 3.8) is 0 Å². The number of nitrogens with one attached hydrogen (secondary N) is 4.